The monoisotopic (exact) mass is 419 g/mol. The minimum Gasteiger partial charge on any atom is -0.477 e. The van der Waals surface area contributed by atoms with E-state index in [2.05, 4.69) is 20.3 Å². The van der Waals surface area contributed by atoms with Crippen LogP contribution in [0.25, 0.3) is 10.7 Å². The Hall–Kier alpha value is -2.63. The van der Waals surface area contributed by atoms with Crippen molar-refractivity contribution in [3.63, 3.8) is 0 Å². The van der Waals surface area contributed by atoms with Crippen LogP contribution in [0.15, 0.2) is 39.2 Å². The smallest absolute Gasteiger partial charge is 0.341 e. The number of nitrogens with two attached hydrogens (primary N) is 1. The molecule has 4 N–H and O–H groups in total. The van der Waals surface area contributed by atoms with Crippen molar-refractivity contribution in [1.29, 1.82) is 0 Å². The lowest BCUT2D eigenvalue weighted by Gasteiger charge is -2.15. The Morgan fingerprint density at radius 1 is 1.32 bits per heavy atom. The molecule has 2 aromatic heterocycles. The minimum atomic E-state index is -3.83. The van der Waals surface area contributed by atoms with Crippen molar-refractivity contribution in [2.75, 3.05) is 11.9 Å². The van der Waals surface area contributed by atoms with Crippen LogP contribution < -0.4 is 10.5 Å². The van der Waals surface area contributed by atoms with Gasteiger partial charge < -0.3 is 10.4 Å². The average molecular weight is 419 g/mol. The number of aromatic nitrogens is 2. The summed E-state index contributed by atoms with van der Waals surface area (Å²) in [7, 11) is -3.83. The number of anilines is 1. The van der Waals surface area contributed by atoms with Gasteiger partial charge in [0.05, 0.1) is 4.88 Å². The molecule has 0 spiro atoms. The molecule has 146 valence electrons. The number of rotatable bonds is 5. The molecule has 0 aromatic carbocycles. The van der Waals surface area contributed by atoms with Gasteiger partial charge in [0.15, 0.2) is 5.82 Å². The number of carboxylic acids is 1. The number of nitrogens with zero attached hydrogens (tertiary/aromatic N) is 3. The summed E-state index contributed by atoms with van der Waals surface area (Å²) in [5.41, 5.74) is 1.22. The molecule has 11 heteroatoms. The Morgan fingerprint density at radius 2 is 2.11 bits per heavy atom. The van der Waals surface area contributed by atoms with Gasteiger partial charge in [0.1, 0.15) is 21.4 Å². The largest absolute Gasteiger partial charge is 0.477 e. The van der Waals surface area contributed by atoms with E-state index in [0.717, 1.165) is 17.8 Å². The Labute approximate surface area is 165 Å². The summed E-state index contributed by atoms with van der Waals surface area (Å²) in [5, 5.41) is 17.6. The van der Waals surface area contributed by atoms with Crippen LogP contribution in [0, 0.1) is 5.92 Å². The molecule has 4 rings (SSSR count). The molecule has 2 aliphatic rings. The Balaban J connectivity index is 1.67. The van der Waals surface area contributed by atoms with E-state index in [-0.39, 0.29) is 21.4 Å². The lowest BCUT2D eigenvalue weighted by atomic mass is 10.1. The fourth-order valence-corrected chi connectivity index (χ4v) is 4.59. The van der Waals surface area contributed by atoms with Crippen LogP contribution in [0.2, 0.25) is 0 Å². The first-order valence-corrected chi connectivity index (χ1v) is 10.9. The first-order valence-electron chi connectivity index (χ1n) is 8.56. The van der Waals surface area contributed by atoms with E-state index in [1.807, 2.05) is 6.08 Å². The summed E-state index contributed by atoms with van der Waals surface area (Å²) < 4.78 is 22.9. The summed E-state index contributed by atoms with van der Waals surface area (Å²) in [6, 6.07) is 2.90. The topological polar surface area (TPSA) is 148 Å². The van der Waals surface area contributed by atoms with Gasteiger partial charge in [-0.2, -0.15) is 0 Å². The van der Waals surface area contributed by atoms with Crippen molar-refractivity contribution >= 4 is 39.0 Å². The molecular weight excluding hydrogens is 402 g/mol. The fourth-order valence-electron chi connectivity index (χ4n) is 2.92. The maximum atomic E-state index is 11.6. The van der Waals surface area contributed by atoms with E-state index in [0.29, 0.717) is 23.2 Å². The highest BCUT2D eigenvalue weighted by Gasteiger charge is 2.27. The highest BCUT2D eigenvalue weighted by atomic mass is 32.2. The zero-order valence-corrected chi connectivity index (χ0v) is 16.3. The number of thiophene rings is 1. The lowest BCUT2D eigenvalue weighted by molar-refractivity contribution is 0.0697. The maximum Gasteiger partial charge on any atom is 0.341 e. The molecular formula is C17H17N5O4S2. The Morgan fingerprint density at radius 3 is 2.75 bits per heavy atom. The molecule has 28 heavy (non-hydrogen) atoms. The summed E-state index contributed by atoms with van der Waals surface area (Å²) in [6.45, 7) is 0.646. The van der Waals surface area contributed by atoms with Crippen molar-refractivity contribution in [2.24, 2.45) is 16.0 Å². The van der Waals surface area contributed by atoms with Crippen LogP contribution in [0.3, 0.4) is 0 Å². The van der Waals surface area contributed by atoms with Crippen LogP contribution in [-0.4, -0.2) is 41.8 Å². The minimum absolute atomic E-state index is 0.0171. The van der Waals surface area contributed by atoms with Crippen LogP contribution in [0.1, 0.15) is 29.6 Å². The number of hydrogen-bond donors (Lipinski definition) is 3. The molecule has 2 aromatic rings. The van der Waals surface area contributed by atoms with Crippen LogP contribution in [-0.2, 0) is 10.0 Å². The second kappa shape index (κ2) is 7.08. The standard InChI is InChI=1S/C17H17N5O4S2/c18-28(25,26)14-4-3-12(27-14)16-20-8-11(17(23)24)15(22-16)21-13-7-10(5-6-19-13)9-1-2-9/h3-4,7-9H,1-2,5-6H2,(H,23,24)(H2,18,25,26)(H,19,20,21,22). The molecule has 0 atom stereocenters. The number of amidine groups is 1. The normalized spacial score (nSPS) is 17.0. The van der Waals surface area contributed by atoms with Crippen molar-refractivity contribution in [3.05, 3.63) is 35.5 Å². The van der Waals surface area contributed by atoms with Gasteiger partial charge in [0, 0.05) is 12.7 Å². The summed E-state index contributed by atoms with van der Waals surface area (Å²) in [4.78, 5) is 24.8. The molecule has 9 nitrogen and oxygen atoms in total. The van der Waals surface area contributed by atoms with Gasteiger partial charge in [-0.3, -0.25) is 4.99 Å². The third-order valence-corrected chi connectivity index (χ3v) is 6.97. The summed E-state index contributed by atoms with van der Waals surface area (Å²) in [6.07, 6.45) is 6.43. The highest BCUT2D eigenvalue weighted by molar-refractivity contribution is 7.91. The second-order valence-corrected chi connectivity index (χ2v) is 9.43. The van der Waals surface area contributed by atoms with Crippen molar-refractivity contribution < 1.29 is 18.3 Å². The number of carboxylic acid groups (broad SMARTS) is 1. The third-order valence-electron chi connectivity index (χ3n) is 4.45. The second-order valence-electron chi connectivity index (χ2n) is 6.56. The SMILES string of the molecule is NS(=O)(=O)c1ccc(-c2ncc(C(=O)O)c(NC3=NCCC(C4CC4)=C3)n2)s1. The van der Waals surface area contributed by atoms with Gasteiger partial charge in [-0.25, -0.2) is 28.3 Å². The van der Waals surface area contributed by atoms with Crippen LogP contribution >= 0.6 is 11.3 Å². The first-order chi connectivity index (χ1) is 13.3. The number of dihydropyridines is 1. The molecule has 0 radical (unpaired) electrons. The first kappa shape index (κ1) is 18.7. The zero-order chi connectivity index (χ0) is 19.9. The Bertz CT molecular complexity index is 1120. The van der Waals surface area contributed by atoms with E-state index in [1.54, 1.807) is 0 Å². The fraction of sp³-hybridized carbons (Fsp3) is 0.294. The predicted octanol–water partition coefficient (Wildman–Crippen LogP) is 2.10. The highest BCUT2D eigenvalue weighted by Crippen LogP contribution is 2.39. The van der Waals surface area contributed by atoms with Gasteiger partial charge in [-0.1, -0.05) is 5.57 Å². The number of carbonyl (C=O) groups is 1. The lowest BCUT2D eigenvalue weighted by Crippen LogP contribution is -2.18. The molecule has 1 aliphatic carbocycles. The molecule has 1 aliphatic heterocycles. The van der Waals surface area contributed by atoms with E-state index >= 15 is 0 Å². The van der Waals surface area contributed by atoms with Crippen molar-refractivity contribution in [3.8, 4) is 10.7 Å². The van der Waals surface area contributed by atoms with Gasteiger partial charge in [-0.15, -0.1) is 11.3 Å². The van der Waals surface area contributed by atoms with Gasteiger partial charge in [-0.05, 0) is 43.4 Å². The third kappa shape index (κ3) is 3.96. The quantitative estimate of drug-likeness (QED) is 0.672. The number of aliphatic imine (C=N–C) groups is 1. The number of hydrogen-bond acceptors (Lipinski definition) is 8. The van der Waals surface area contributed by atoms with Crippen molar-refractivity contribution in [1.82, 2.24) is 9.97 Å². The summed E-state index contributed by atoms with van der Waals surface area (Å²) in [5.74, 6) is 0.310. The number of primary sulfonamides is 1. The molecule has 3 heterocycles. The van der Waals surface area contributed by atoms with Gasteiger partial charge in [0.25, 0.3) is 0 Å². The molecule has 0 bridgehead atoms. The molecule has 0 unspecified atom stereocenters. The van der Waals surface area contributed by atoms with Gasteiger partial charge >= 0.3 is 5.97 Å². The molecule has 0 saturated heterocycles. The number of aromatic carboxylic acids is 1. The summed E-state index contributed by atoms with van der Waals surface area (Å²) >= 11 is 0.919. The number of sulfonamides is 1. The Kier molecular flexibility index (Phi) is 4.73. The van der Waals surface area contributed by atoms with E-state index in [4.69, 9.17) is 5.14 Å². The van der Waals surface area contributed by atoms with Gasteiger partial charge in [0.2, 0.25) is 10.0 Å². The van der Waals surface area contributed by atoms with Crippen LogP contribution in [0.4, 0.5) is 5.82 Å². The van der Waals surface area contributed by atoms with E-state index in [1.165, 1.54) is 36.7 Å². The number of nitrogens with one attached hydrogen (secondary N) is 1. The molecule has 1 fully saturated rings. The maximum absolute atomic E-state index is 11.6. The molecule has 0 amide bonds. The average Bonchev–Trinajstić information content (AvgIpc) is 3.36. The van der Waals surface area contributed by atoms with E-state index in [9.17, 15) is 18.3 Å². The van der Waals surface area contributed by atoms with Crippen molar-refractivity contribution in [2.45, 2.75) is 23.5 Å². The van der Waals surface area contributed by atoms with E-state index < -0.39 is 16.0 Å². The zero-order valence-electron chi connectivity index (χ0n) is 14.6. The predicted molar refractivity (Wildman–Crippen MR) is 105 cm³/mol. The molecule has 1 saturated carbocycles. The van der Waals surface area contributed by atoms with Crippen LogP contribution in [0.5, 0.6) is 0 Å².